The van der Waals surface area contributed by atoms with Crippen molar-refractivity contribution in [1.29, 1.82) is 0 Å². The molecule has 1 aromatic rings. The van der Waals surface area contributed by atoms with E-state index in [1.807, 2.05) is 0 Å². The van der Waals surface area contributed by atoms with E-state index < -0.39 is 12.3 Å². The summed E-state index contributed by atoms with van der Waals surface area (Å²) in [6, 6.07) is 6.06. The molecule has 0 heterocycles. The molecule has 0 fully saturated rings. The van der Waals surface area contributed by atoms with Crippen molar-refractivity contribution < 1.29 is 23.8 Å². The van der Waals surface area contributed by atoms with Gasteiger partial charge in [0.25, 0.3) is 0 Å². The Bertz CT molecular complexity index is 391. The van der Waals surface area contributed by atoms with Crippen molar-refractivity contribution in [2.45, 2.75) is 45.2 Å². The molecule has 0 spiro atoms. The Balaban J connectivity index is 2.25. The van der Waals surface area contributed by atoms with Gasteiger partial charge < -0.3 is 14.6 Å². The van der Waals surface area contributed by atoms with Crippen LogP contribution < -0.4 is 9.47 Å². The zero-order chi connectivity index (χ0) is 14.8. The van der Waals surface area contributed by atoms with Crippen molar-refractivity contribution in [3.8, 4) is 11.5 Å². The predicted octanol–water partition coefficient (Wildman–Crippen LogP) is 4.43. The number of benzene rings is 1. The third kappa shape index (κ3) is 6.97. The van der Waals surface area contributed by atoms with E-state index in [2.05, 4.69) is 11.7 Å². The van der Waals surface area contributed by atoms with Crippen LogP contribution >= 0.6 is 0 Å². The lowest BCUT2D eigenvalue weighted by Gasteiger charge is -2.10. The van der Waals surface area contributed by atoms with Gasteiger partial charge in [-0.05, 0) is 30.7 Å². The smallest absolute Gasteiger partial charge is 0.491 e. The summed E-state index contributed by atoms with van der Waals surface area (Å²) in [6.45, 7) is 2.14. The quantitative estimate of drug-likeness (QED) is 0.414. The van der Waals surface area contributed by atoms with Gasteiger partial charge in [0.1, 0.15) is 24.3 Å². The molecular formula is C15H21FO4. The molecule has 20 heavy (non-hydrogen) atoms. The van der Waals surface area contributed by atoms with E-state index in [4.69, 9.17) is 9.84 Å². The van der Waals surface area contributed by atoms with Crippen LogP contribution in [0.4, 0.5) is 9.18 Å². The summed E-state index contributed by atoms with van der Waals surface area (Å²) in [5.41, 5.74) is 0. The van der Waals surface area contributed by atoms with Gasteiger partial charge in [0.15, 0.2) is 0 Å². The van der Waals surface area contributed by atoms with Crippen LogP contribution in [0.2, 0.25) is 0 Å². The fraction of sp³-hybridized carbons (Fsp3) is 0.533. The van der Waals surface area contributed by atoms with E-state index in [1.54, 1.807) is 12.1 Å². The second-order valence-electron chi connectivity index (χ2n) is 4.60. The highest BCUT2D eigenvalue weighted by molar-refractivity contribution is 5.61. The number of hydrogen-bond acceptors (Lipinski definition) is 3. The Labute approximate surface area is 118 Å². The molecular weight excluding hydrogens is 263 g/mol. The fourth-order valence-corrected chi connectivity index (χ4v) is 1.77. The van der Waals surface area contributed by atoms with Crippen LogP contribution in [-0.4, -0.2) is 24.0 Å². The van der Waals surface area contributed by atoms with Crippen LogP contribution in [0.15, 0.2) is 24.3 Å². The Morgan fingerprint density at radius 1 is 1.20 bits per heavy atom. The minimum atomic E-state index is -1.37. The third-order valence-corrected chi connectivity index (χ3v) is 2.83. The van der Waals surface area contributed by atoms with E-state index in [0.29, 0.717) is 12.2 Å². The first-order valence-corrected chi connectivity index (χ1v) is 6.89. The molecule has 0 aromatic heterocycles. The molecule has 0 saturated heterocycles. The molecule has 0 saturated carbocycles. The van der Waals surface area contributed by atoms with Gasteiger partial charge in [-0.1, -0.05) is 32.6 Å². The number of ether oxygens (including phenoxy) is 2. The highest BCUT2D eigenvalue weighted by Gasteiger charge is 2.07. The Kier molecular flexibility index (Phi) is 7.47. The average Bonchev–Trinajstić information content (AvgIpc) is 2.42. The molecule has 1 aromatic carbocycles. The van der Waals surface area contributed by atoms with Gasteiger partial charge >= 0.3 is 6.16 Å². The van der Waals surface area contributed by atoms with Gasteiger partial charge in [-0.15, -0.1) is 0 Å². The van der Waals surface area contributed by atoms with Gasteiger partial charge in [-0.3, -0.25) is 0 Å². The second-order valence-corrected chi connectivity index (χ2v) is 4.60. The number of carboxylic acid groups (broad SMARTS) is 1. The van der Waals surface area contributed by atoms with Crippen LogP contribution in [0.3, 0.4) is 0 Å². The molecule has 0 amide bonds. The molecule has 0 aliphatic carbocycles. The SMILES string of the molecule is CCCCCCC(F)COc1ccc(OC(=O)O)cc1. The van der Waals surface area contributed by atoms with E-state index in [-0.39, 0.29) is 12.4 Å². The highest BCUT2D eigenvalue weighted by atomic mass is 19.1. The summed E-state index contributed by atoms with van der Waals surface area (Å²) in [6.07, 6.45) is 2.38. The van der Waals surface area contributed by atoms with Crippen molar-refractivity contribution >= 4 is 6.16 Å². The first kappa shape index (κ1) is 16.3. The topological polar surface area (TPSA) is 55.8 Å². The van der Waals surface area contributed by atoms with E-state index in [9.17, 15) is 9.18 Å². The van der Waals surface area contributed by atoms with E-state index in [1.165, 1.54) is 12.1 Å². The van der Waals surface area contributed by atoms with Gasteiger partial charge in [0.05, 0.1) is 0 Å². The molecule has 1 unspecified atom stereocenters. The van der Waals surface area contributed by atoms with Gasteiger partial charge in [-0.25, -0.2) is 9.18 Å². The zero-order valence-corrected chi connectivity index (χ0v) is 11.7. The number of rotatable bonds is 9. The maximum atomic E-state index is 13.5. The minimum absolute atomic E-state index is 0.0191. The van der Waals surface area contributed by atoms with Crippen LogP contribution in [0, 0.1) is 0 Å². The predicted molar refractivity (Wildman–Crippen MR) is 74.2 cm³/mol. The molecule has 1 N–H and O–H groups in total. The van der Waals surface area contributed by atoms with E-state index in [0.717, 1.165) is 25.7 Å². The normalized spacial score (nSPS) is 11.9. The molecule has 0 aliphatic heterocycles. The molecule has 5 heteroatoms. The van der Waals surface area contributed by atoms with Crippen LogP contribution in [0.25, 0.3) is 0 Å². The Morgan fingerprint density at radius 2 is 1.85 bits per heavy atom. The largest absolute Gasteiger partial charge is 0.511 e. The molecule has 0 radical (unpaired) electrons. The standard InChI is InChI=1S/C15H21FO4/c1-2-3-4-5-6-12(16)11-19-13-7-9-14(10-8-13)20-15(17)18/h7-10,12H,2-6,11H2,1H3,(H,17,18). The fourth-order valence-electron chi connectivity index (χ4n) is 1.77. The first-order valence-electron chi connectivity index (χ1n) is 6.89. The van der Waals surface area contributed by atoms with Crippen molar-refractivity contribution in [2.24, 2.45) is 0 Å². The van der Waals surface area contributed by atoms with Gasteiger partial charge in [0, 0.05) is 0 Å². The third-order valence-electron chi connectivity index (χ3n) is 2.83. The molecule has 0 aliphatic rings. The van der Waals surface area contributed by atoms with Crippen LogP contribution in [-0.2, 0) is 0 Å². The summed E-state index contributed by atoms with van der Waals surface area (Å²) in [5, 5.41) is 8.43. The van der Waals surface area contributed by atoms with Gasteiger partial charge in [0.2, 0.25) is 0 Å². The van der Waals surface area contributed by atoms with Crippen LogP contribution in [0.5, 0.6) is 11.5 Å². The summed E-state index contributed by atoms with van der Waals surface area (Å²) >= 11 is 0. The summed E-state index contributed by atoms with van der Waals surface area (Å²) < 4.78 is 23.3. The van der Waals surface area contributed by atoms with Crippen molar-refractivity contribution in [2.75, 3.05) is 6.61 Å². The molecule has 1 atom stereocenters. The number of hydrogen-bond donors (Lipinski definition) is 1. The lowest BCUT2D eigenvalue weighted by molar-refractivity contribution is 0.144. The molecule has 0 bridgehead atoms. The second kappa shape index (κ2) is 9.18. The lowest BCUT2D eigenvalue weighted by atomic mass is 10.1. The first-order chi connectivity index (χ1) is 9.61. The lowest BCUT2D eigenvalue weighted by Crippen LogP contribution is -2.12. The van der Waals surface area contributed by atoms with Crippen LogP contribution in [0.1, 0.15) is 39.0 Å². The average molecular weight is 284 g/mol. The monoisotopic (exact) mass is 284 g/mol. The number of unbranched alkanes of at least 4 members (excludes halogenated alkanes) is 3. The minimum Gasteiger partial charge on any atom is -0.491 e. The maximum Gasteiger partial charge on any atom is 0.511 e. The number of alkyl halides is 1. The summed E-state index contributed by atoms with van der Waals surface area (Å²) in [4.78, 5) is 10.3. The zero-order valence-electron chi connectivity index (χ0n) is 11.7. The molecule has 112 valence electrons. The van der Waals surface area contributed by atoms with Crippen molar-refractivity contribution in [3.05, 3.63) is 24.3 Å². The number of carbonyl (C=O) groups is 1. The van der Waals surface area contributed by atoms with Crippen molar-refractivity contribution in [1.82, 2.24) is 0 Å². The highest BCUT2D eigenvalue weighted by Crippen LogP contribution is 2.18. The van der Waals surface area contributed by atoms with E-state index >= 15 is 0 Å². The van der Waals surface area contributed by atoms with Gasteiger partial charge in [-0.2, -0.15) is 0 Å². The Hall–Kier alpha value is -1.78. The number of halogens is 1. The summed E-state index contributed by atoms with van der Waals surface area (Å²) in [5.74, 6) is 0.708. The molecule has 1 rings (SSSR count). The summed E-state index contributed by atoms with van der Waals surface area (Å²) in [7, 11) is 0. The Morgan fingerprint density at radius 3 is 2.45 bits per heavy atom. The van der Waals surface area contributed by atoms with Crippen molar-refractivity contribution in [3.63, 3.8) is 0 Å². The molecule has 4 nitrogen and oxygen atoms in total. The maximum absolute atomic E-state index is 13.5.